The van der Waals surface area contributed by atoms with Crippen LogP contribution in [-0.4, -0.2) is 28.8 Å². The Bertz CT molecular complexity index is 372. The first-order chi connectivity index (χ1) is 7.70. The summed E-state index contributed by atoms with van der Waals surface area (Å²) < 4.78 is 0. The fraction of sp³-hybridized carbons (Fsp3) is 0.583. The second kappa shape index (κ2) is 4.60. The van der Waals surface area contributed by atoms with E-state index in [2.05, 4.69) is 14.9 Å². The first-order valence-electron chi connectivity index (χ1n) is 5.75. The van der Waals surface area contributed by atoms with Gasteiger partial charge in [0.25, 0.3) is 0 Å². The van der Waals surface area contributed by atoms with Crippen LogP contribution in [0.2, 0.25) is 0 Å². The molecular weight excluding hydrogens is 202 g/mol. The maximum Gasteiger partial charge on any atom is 0.142 e. The van der Waals surface area contributed by atoms with Gasteiger partial charge in [-0.15, -0.1) is 0 Å². The molecule has 0 amide bonds. The van der Waals surface area contributed by atoms with Crippen LogP contribution in [0.15, 0.2) is 6.07 Å². The zero-order valence-corrected chi connectivity index (χ0v) is 9.81. The average molecular weight is 219 g/mol. The monoisotopic (exact) mass is 219 g/mol. The number of aromatic nitrogens is 2. The molecule has 16 heavy (non-hydrogen) atoms. The van der Waals surface area contributed by atoms with Crippen molar-refractivity contribution in [1.82, 2.24) is 9.97 Å². The molecule has 86 valence electrons. The second-order valence-corrected chi connectivity index (χ2v) is 4.31. The first kappa shape index (κ1) is 11.0. The molecular formula is C12H17N3O. The van der Waals surface area contributed by atoms with Crippen LogP contribution < -0.4 is 4.90 Å². The summed E-state index contributed by atoms with van der Waals surface area (Å²) in [6.07, 6.45) is 4.23. The molecule has 1 aromatic rings. The Hall–Kier alpha value is -1.45. The molecule has 2 heterocycles. The van der Waals surface area contributed by atoms with E-state index in [1.807, 2.05) is 19.9 Å². The number of carbonyl (C=O) groups is 1. The normalized spacial score (nSPS) is 20.9. The van der Waals surface area contributed by atoms with Crippen molar-refractivity contribution < 1.29 is 4.79 Å². The maximum absolute atomic E-state index is 11.0. The molecule has 1 aliphatic heterocycles. The molecule has 0 radical (unpaired) electrons. The maximum atomic E-state index is 11.0. The zero-order chi connectivity index (χ0) is 11.5. The van der Waals surface area contributed by atoms with Gasteiger partial charge in [-0.05, 0) is 33.1 Å². The van der Waals surface area contributed by atoms with E-state index in [1.165, 1.54) is 0 Å². The molecule has 0 bridgehead atoms. The van der Waals surface area contributed by atoms with E-state index in [0.717, 1.165) is 49.4 Å². The van der Waals surface area contributed by atoms with Crippen molar-refractivity contribution in [3.05, 3.63) is 17.6 Å². The Balaban J connectivity index is 2.30. The lowest BCUT2D eigenvalue weighted by Gasteiger charge is -2.33. The van der Waals surface area contributed by atoms with Crippen molar-refractivity contribution in [2.45, 2.75) is 39.2 Å². The van der Waals surface area contributed by atoms with E-state index in [9.17, 15) is 4.79 Å². The highest BCUT2D eigenvalue weighted by atomic mass is 16.1. The van der Waals surface area contributed by atoms with Gasteiger partial charge in [-0.1, -0.05) is 0 Å². The quantitative estimate of drug-likeness (QED) is 0.709. The number of aryl methyl sites for hydroxylation is 2. The van der Waals surface area contributed by atoms with Gasteiger partial charge in [0.2, 0.25) is 0 Å². The summed E-state index contributed by atoms with van der Waals surface area (Å²) in [5.41, 5.74) is 0.956. The van der Waals surface area contributed by atoms with Crippen molar-refractivity contribution in [3.8, 4) is 0 Å². The van der Waals surface area contributed by atoms with E-state index in [-0.39, 0.29) is 6.04 Å². The van der Waals surface area contributed by atoms with Crippen LogP contribution >= 0.6 is 0 Å². The minimum Gasteiger partial charge on any atom is -0.347 e. The summed E-state index contributed by atoms with van der Waals surface area (Å²) in [6, 6.07) is 1.94. The van der Waals surface area contributed by atoms with Gasteiger partial charge in [-0.3, -0.25) is 0 Å². The minimum absolute atomic E-state index is 0.0116. The van der Waals surface area contributed by atoms with E-state index >= 15 is 0 Å². The van der Waals surface area contributed by atoms with E-state index in [4.69, 9.17) is 0 Å². The van der Waals surface area contributed by atoms with Crippen LogP contribution in [0.3, 0.4) is 0 Å². The molecule has 4 heteroatoms. The van der Waals surface area contributed by atoms with Crippen LogP contribution in [0.4, 0.5) is 5.82 Å². The van der Waals surface area contributed by atoms with Crippen molar-refractivity contribution in [2.24, 2.45) is 0 Å². The van der Waals surface area contributed by atoms with Crippen LogP contribution in [0.1, 0.15) is 30.8 Å². The van der Waals surface area contributed by atoms with Crippen LogP contribution in [0.25, 0.3) is 0 Å². The van der Waals surface area contributed by atoms with Gasteiger partial charge in [0.15, 0.2) is 0 Å². The Kier molecular flexibility index (Phi) is 3.17. The van der Waals surface area contributed by atoms with Gasteiger partial charge in [-0.2, -0.15) is 0 Å². The lowest BCUT2D eigenvalue weighted by Crippen LogP contribution is -2.41. The largest absolute Gasteiger partial charge is 0.347 e. The highest BCUT2D eigenvalue weighted by Gasteiger charge is 2.23. The molecule has 1 atom stereocenters. The van der Waals surface area contributed by atoms with E-state index in [1.54, 1.807) is 0 Å². The van der Waals surface area contributed by atoms with Gasteiger partial charge in [-0.25, -0.2) is 9.97 Å². The molecule has 1 fully saturated rings. The lowest BCUT2D eigenvalue weighted by atomic mass is 10.0. The molecule has 0 aromatic carbocycles. The molecule has 1 aliphatic rings. The Labute approximate surface area is 95.7 Å². The number of piperidine rings is 1. The van der Waals surface area contributed by atoms with Crippen molar-refractivity contribution in [1.29, 1.82) is 0 Å². The third-order valence-corrected chi connectivity index (χ3v) is 2.95. The van der Waals surface area contributed by atoms with Gasteiger partial charge in [0.1, 0.15) is 17.9 Å². The fourth-order valence-electron chi connectivity index (χ4n) is 2.23. The molecule has 0 aliphatic carbocycles. The number of nitrogens with zero attached hydrogens (tertiary/aromatic N) is 3. The Morgan fingerprint density at radius 1 is 1.38 bits per heavy atom. The minimum atomic E-state index is -0.0116. The summed E-state index contributed by atoms with van der Waals surface area (Å²) in [5.74, 6) is 1.66. The Morgan fingerprint density at radius 2 is 2.19 bits per heavy atom. The third-order valence-electron chi connectivity index (χ3n) is 2.95. The average Bonchev–Trinajstić information content (AvgIpc) is 2.27. The van der Waals surface area contributed by atoms with Crippen LogP contribution in [-0.2, 0) is 4.79 Å². The van der Waals surface area contributed by atoms with E-state index in [0.29, 0.717) is 0 Å². The van der Waals surface area contributed by atoms with Gasteiger partial charge in [0, 0.05) is 18.3 Å². The van der Waals surface area contributed by atoms with Crippen molar-refractivity contribution >= 4 is 12.1 Å². The molecule has 2 rings (SSSR count). The first-order valence-corrected chi connectivity index (χ1v) is 5.75. The summed E-state index contributed by atoms with van der Waals surface area (Å²) >= 11 is 0. The molecule has 1 unspecified atom stereocenters. The number of hydrogen-bond donors (Lipinski definition) is 0. The number of rotatable bonds is 2. The number of carbonyl (C=O) groups excluding carboxylic acids is 1. The highest BCUT2D eigenvalue weighted by molar-refractivity contribution is 5.65. The second-order valence-electron chi connectivity index (χ2n) is 4.31. The third kappa shape index (κ3) is 2.21. The fourth-order valence-corrected chi connectivity index (χ4v) is 2.23. The number of anilines is 1. The Morgan fingerprint density at radius 3 is 2.88 bits per heavy atom. The summed E-state index contributed by atoms with van der Waals surface area (Å²) in [5, 5.41) is 0. The summed E-state index contributed by atoms with van der Waals surface area (Å²) in [7, 11) is 0. The smallest absolute Gasteiger partial charge is 0.142 e. The molecule has 0 saturated carbocycles. The molecule has 1 aromatic heterocycles. The SMILES string of the molecule is Cc1cc(N2CCCCC2C=O)nc(C)n1. The summed E-state index contributed by atoms with van der Waals surface area (Å²) in [6.45, 7) is 4.76. The van der Waals surface area contributed by atoms with E-state index < -0.39 is 0 Å². The van der Waals surface area contributed by atoms with Crippen LogP contribution in [0.5, 0.6) is 0 Å². The predicted octanol–water partition coefficient (Wildman–Crippen LogP) is 1.65. The molecule has 1 saturated heterocycles. The number of aldehydes is 1. The standard InChI is InChI=1S/C12H17N3O/c1-9-7-12(14-10(2)13-9)15-6-4-3-5-11(15)8-16/h7-8,11H,3-6H2,1-2H3. The highest BCUT2D eigenvalue weighted by Crippen LogP contribution is 2.22. The molecule has 0 N–H and O–H groups in total. The van der Waals surface area contributed by atoms with Crippen molar-refractivity contribution in [2.75, 3.05) is 11.4 Å². The van der Waals surface area contributed by atoms with Crippen molar-refractivity contribution in [3.63, 3.8) is 0 Å². The summed E-state index contributed by atoms with van der Waals surface area (Å²) in [4.78, 5) is 21.8. The topological polar surface area (TPSA) is 46.1 Å². The number of hydrogen-bond acceptors (Lipinski definition) is 4. The molecule has 0 spiro atoms. The lowest BCUT2D eigenvalue weighted by molar-refractivity contribution is -0.109. The zero-order valence-electron chi connectivity index (χ0n) is 9.81. The van der Waals surface area contributed by atoms with Crippen LogP contribution in [0, 0.1) is 13.8 Å². The predicted molar refractivity (Wildman–Crippen MR) is 62.6 cm³/mol. The van der Waals surface area contributed by atoms with Gasteiger partial charge in [0.05, 0.1) is 6.04 Å². The molecule has 4 nitrogen and oxygen atoms in total. The van der Waals surface area contributed by atoms with Gasteiger partial charge >= 0.3 is 0 Å². The van der Waals surface area contributed by atoms with Gasteiger partial charge < -0.3 is 9.69 Å².